The average Bonchev–Trinajstić information content (AvgIpc) is 2.81. The maximum absolute atomic E-state index is 12.4. The third-order valence-electron chi connectivity index (χ3n) is 4.75. The van der Waals surface area contributed by atoms with Crippen LogP contribution < -0.4 is 15.1 Å². The molecule has 0 saturated carbocycles. The molecule has 0 bridgehead atoms. The zero-order valence-corrected chi connectivity index (χ0v) is 18.5. The quantitative estimate of drug-likeness (QED) is 0.132. The first-order valence-electron chi connectivity index (χ1n) is 10.8. The van der Waals surface area contributed by atoms with Gasteiger partial charge < -0.3 is 18.6 Å². The van der Waals surface area contributed by atoms with E-state index >= 15 is 0 Å². The lowest BCUT2D eigenvalue weighted by atomic mass is 10.2. The fourth-order valence-electron chi connectivity index (χ4n) is 3.06. The van der Waals surface area contributed by atoms with E-state index < -0.39 is 11.6 Å². The number of benzene rings is 2. The second-order valence-electron chi connectivity index (χ2n) is 7.30. The SMILES string of the molecule is CC=CC(=O)OCCCCCCOc1ccc(C(=O)Oc2ccc3ccc(=O)oc3c2)cc1. The van der Waals surface area contributed by atoms with Gasteiger partial charge in [-0.1, -0.05) is 6.08 Å². The number of ether oxygens (including phenoxy) is 3. The van der Waals surface area contributed by atoms with E-state index in [0.717, 1.165) is 31.1 Å². The van der Waals surface area contributed by atoms with Gasteiger partial charge >= 0.3 is 17.6 Å². The van der Waals surface area contributed by atoms with E-state index in [1.165, 1.54) is 18.2 Å². The van der Waals surface area contributed by atoms with Crippen LogP contribution in [-0.2, 0) is 9.53 Å². The first-order valence-corrected chi connectivity index (χ1v) is 10.8. The Bertz CT molecular complexity index is 1160. The summed E-state index contributed by atoms with van der Waals surface area (Å²) in [5.74, 6) is 0.131. The summed E-state index contributed by atoms with van der Waals surface area (Å²) < 4.78 is 21.2. The maximum atomic E-state index is 12.4. The highest BCUT2D eigenvalue weighted by Crippen LogP contribution is 2.21. The van der Waals surface area contributed by atoms with Gasteiger partial charge in [-0.25, -0.2) is 14.4 Å². The van der Waals surface area contributed by atoms with Gasteiger partial charge in [0.25, 0.3) is 0 Å². The lowest BCUT2D eigenvalue weighted by Gasteiger charge is -2.08. The van der Waals surface area contributed by atoms with E-state index in [1.54, 1.807) is 55.5 Å². The normalized spacial score (nSPS) is 10.9. The van der Waals surface area contributed by atoms with E-state index in [9.17, 15) is 14.4 Å². The molecule has 7 nitrogen and oxygen atoms in total. The van der Waals surface area contributed by atoms with E-state index in [0.29, 0.717) is 35.9 Å². The van der Waals surface area contributed by atoms with E-state index in [-0.39, 0.29) is 5.97 Å². The van der Waals surface area contributed by atoms with Crippen LogP contribution in [0.1, 0.15) is 43.0 Å². The van der Waals surface area contributed by atoms with Crippen LogP contribution in [0.25, 0.3) is 11.0 Å². The number of hydrogen-bond acceptors (Lipinski definition) is 7. The van der Waals surface area contributed by atoms with Gasteiger partial charge in [0.2, 0.25) is 0 Å². The molecule has 3 aromatic rings. The van der Waals surface area contributed by atoms with E-state index in [2.05, 4.69) is 0 Å². The van der Waals surface area contributed by atoms with Crippen molar-refractivity contribution in [2.45, 2.75) is 32.6 Å². The molecule has 1 aromatic heterocycles. The Kier molecular flexibility index (Phi) is 8.82. The third-order valence-corrected chi connectivity index (χ3v) is 4.75. The summed E-state index contributed by atoms with van der Waals surface area (Å²) in [6.07, 6.45) is 6.69. The predicted molar refractivity (Wildman–Crippen MR) is 124 cm³/mol. The van der Waals surface area contributed by atoms with E-state index in [4.69, 9.17) is 18.6 Å². The van der Waals surface area contributed by atoms with Crippen LogP contribution in [0.2, 0.25) is 0 Å². The largest absolute Gasteiger partial charge is 0.494 e. The van der Waals surface area contributed by atoms with Crippen molar-refractivity contribution in [3.8, 4) is 11.5 Å². The Morgan fingerprint density at radius 3 is 2.33 bits per heavy atom. The Morgan fingerprint density at radius 2 is 1.58 bits per heavy atom. The second kappa shape index (κ2) is 12.2. The molecular formula is C26H26O7. The summed E-state index contributed by atoms with van der Waals surface area (Å²) >= 11 is 0. The lowest BCUT2D eigenvalue weighted by Crippen LogP contribution is -2.08. The van der Waals surface area contributed by atoms with Crippen molar-refractivity contribution in [3.05, 3.63) is 82.7 Å². The van der Waals surface area contributed by atoms with Gasteiger partial charge in [-0.2, -0.15) is 0 Å². The average molecular weight is 450 g/mol. The minimum Gasteiger partial charge on any atom is -0.494 e. The summed E-state index contributed by atoms with van der Waals surface area (Å²) in [6.45, 7) is 2.76. The fourth-order valence-corrected chi connectivity index (χ4v) is 3.06. The molecule has 3 rings (SSSR count). The van der Waals surface area contributed by atoms with Gasteiger partial charge in [0.05, 0.1) is 18.8 Å². The predicted octanol–water partition coefficient (Wildman–Crippen LogP) is 5.07. The second-order valence-corrected chi connectivity index (χ2v) is 7.30. The van der Waals surface area contributed by atoms with Crippen LogP contribution in [0.5, 0.6) is 11.5 Å². The van der Waals surface area contributed by atoms with Crippen molar-refractivity contribution in [3.63, 3.8) is 0 Å². The highest BCUT2D eigenvalue weighted by Gasteiger charge is 2.10. The zero-order chi connectivity index (χ0) is 23.5. The molecule has 0 radical (unpaired) electrons. The Hall–Kier alpha value is -3.87. The number of rotatable bonds is 11. The van der Waals surface area contributed by atoms with Crippen LogP contribution in [0.15, 0.2) is 76.0 Å². The highest BCUT2D eigenvalue weighted by molar-refractivity contribution is 5.91. The summed E-state index contributed by atoms with van der Waals surface area (Å²) in [6, 6.07) is 14.6. The molecule has 0 aliphatic heterocycles. The summed E-state index contributed by atoms with van der Waals surface area (Å²) in [7, 11) is 0. The zero-order valence-electron chi connectivity index (χ0n) is 18.5. The number of fused-ring (bicyclic) bond motifs is 1. The molecule has 0 aliphatic carbocycles. The highest BCUT2D eigenvalue weighted by atomic mass is 16.5. The molecule has 172 valence electrons. The minimum atomic E-state index is -0.519. The molecule has 0 spiro atoms. The topological polar surface area (TPSA) is 92.0 Å². The van der Waals surface area contributed by atoms with E-state index in [1.807, 2.05) is 0 Å². The van der Waals surface area contributed by atoms with Crippen LogP contribution in [-0.4, -0.2) is 25.2 Å². The molecule has 0 unspecified atom stereocenters. The monoisotopic (exact) mass is 450 g/mol. The van der Waals surface area contributed by atoms with Crippen molar-refractivity contribution in [2.75, 3.05) is 13.2 Å². The molecule has 0 aliphatic rings. The maximum Gasteiger partial charge on any atom is 0.343 e. The summed E-state index contributed by atoms with van der Waals surface area (Å²) in [5.41, 5.74) is 0.266. The molecule has 0 saturated heterocycles. The smallest absolute Gasteiger partial charge is 0.343 e. The number of carbonyl (C=O) groups is 2. The van der Waals surface area contributed by atoms with Crippen LogP contribution >= 0.6 is 0 Å². The molecular weight excluding hydrogens is 424 g/mol. The Balaban J connectivity index is 1.38. The molecule has 0 N–H and O–H groups in total. The summed E-state index contributed by atoms with van der Waals surface area (Å²) in [5, 5.41) is 0.740. The number of unbranched alkanes of at least 4 members (excludes halogenated alkanes) is 3. The van der Waals surface area contributed by atoms with Gasteiger partial charge in [-0.15, -0.1) is 0 Å². The van der Waals surface area contributed by atoms with Gasteiger partial charge in [-0.05, 0) is 75.1 Å². The molecule has 1 heterocycles. The number of hydrogen-bond donors (Lipinski definition) is 0. The van der Waals surface area contributed by atoms with Crippen LogP contribution in [0.3, 0.4) is 0 Å². The van der Waals surface area contributed by atoms with Gasteiger partial charge in [0.1, 0.15) is 17.1 Å². The Morgan fingerprint density at radius 1 is 0.879 bits per heavy atom. The number of esters is 2. The standard InChI is InChI=1S/C26H26O7/c1-2-7-24(27)31-17-6-4-3-5-16-30-21-12-9-20(10-13-21)26(29)32-22-14-8-19-11-15-25(28)33-23(19)18-22/h2,7-15,18H,3-6,16-17H2,1H3. The first kappa shape index (κ1) is 23.8. The Labute approximate surface area is 191 Å². The minimum absolute atomic E-state index is 0.291. The van der Waals surface area contributed by atoms with Crippen LogP contribution in [0.4, 0.5) is 0 Å². The van der Waals surface area contributed by atoms with Crippen molar-refractivity contribution >= 4 is 22.9 Å². The van der Waals surface area contributed by atoms with Crippen LogP contribution in [0, 0.1) is 0 Å². The number of allylic oxidation sites excluding steroid dienone is 1. The molecule has 2 aromatic carbocycles. The molecule has 0 fully saturated rings. The number of carbonyl (C=O) groups excluding carboxylic acids is 2. The molecule has 0 amide bonds. The fraction of sp³-hybridized carbons (Fsp3) is 0.269. The molecule has 0 atom stereocenters. The van der Waals surface area contributed by atoms with Crippen molar-refractivity contribution in [1.29, 1.82) is 0 Å². The third kappa shape index (κ3) is 7.64. The van der Waals surface area contributed by atoms with Gasteiger partial charge in [0.15, 0.2) is 0 Å². The van der Waals surface area contributed by atoms with Gasteiger partial charge in [-0.3, -0.25) is 0 Å². The lowest BCUT2D eigenvalue weighted by molar-refractivity contribution is -0.137. The van der Waals surface area contributed by atoms with Crippen molar-refractivity contribution < 1.29 is 28.2 Å². The van der Waals surface area contributed by atoms with Crippen molar-refractivity contribution in [2.24, 2.45) is 0 Å². The summed E-state index contributed by atoms with van der Waals surface area (Å²) in [4.78, 5) is 34.9. The molecule has 7 heteroatoms. The first-order chi connectivity index (χ1) is 16.0. The molecule has 33 heavy (non-hydrogen) atoms. The van der Waals surface area contributed by atoms with Gasteiger partial charge in [0, 0.05) is 23.6 Å². The van der Waals surface area contributed by atoms with Crippen molar-refractivity contribution in [1.82, 2.24) is 0 Å².